The maximum absolute atomic E-state index is 14.7. The van der Waals surface area contributed by atoms with E-state index in [2.05, 4.69) is 58.7 Å². The van der Waals surface area contributed by atoms with Crippen molar-refractivity contribution < 1.29 is 74.0 Å². The summed E-state index contributed by atoms with van der Waals surface area (Å²) in [5, 5.41) is 102. The summed E-state index contributed by atoms with van der Waals surface area (Å²) in [6, 6.07) is 7.59. The predicted molar refractivity (Wildman–Crippen MR) is 337 cm³/mol. The Morgan fingerprint density at radius 3 is 2.02 bits per heavy atom. The number of hydrogen-bond donors (Lipinski definition) is 14. The number of nitrogens with one attached hydrogen (secondary N) is 5. The molecule has 4 saturated heterocycles. The number of aromatic nitrogens is 2. The van der Waals surface area contributed by atoms with Crippen LogP contribution in [0.3, 0.4) is 0 Å². The van der Waals surface area contributed by atoms with E-state index in [0.717, 1.165) is 60.1 Å². The Hall–Kier alpha value is -7.45. The molecular formula is C63H87N13O15S. The van der Waals surface area contributed by atoms with Gasteiger partial charge in [-0.3, -0.25) is 38.5 Å². The second kappa shape index (κ2) is 31.4. The summed E-state index contributed by atoms with van der Waals surface area (Å²) in [5.41, 5.74) is 14.4. The summed E-state index contributed by atoms with van der Waals surface area (Å²) in [5.74, 6) is -7.79. The van der Waals surface area contributed by atoms with Crippen molar-refractivity contribution in [3.63, 3.8) is 0 Å². The SMILES string of the molecule is C[C@@H](O)[C@@H]1NC(=O)C(NC(=O)c2ccc(-c3nnc(-c4ccc(N5CCN(CC6CCCCC6)CC5)cc4)s3)cc2)C[C@@H](O)CNC(=O)[C@@H]2[C@@H](O)[C@@H](C)CN2C(=O)[C@H]([C@H](O)CCN)NC(=O)[C@H]([C@H](O)Cc2ccc(O)c(OCCN)c2)NC(=O)[C@@H]2C[C@@H](O)CN2C1=O. The smallest absolute Gasteiger partial charge is 0.251 e. The summed E-state index contributed by atoms with van der Waals surface area (Å²) in [4.78, 5) is 108. The van der Waals surface area contributed by atoms with Crippen molar-refractivity contribution in [2.45, 2.75) is 145 Å². The Morgan fingerprint density at radius 1 is 0.728 bits per heavy atom. The van der Waals surface area contributed by atoms with E-state index in [1.807, 2.05) is 12.1 Å². The minimum absolute atomic E-state index is 0.00286. The molecule has 5 heterocycles. The standard InChI is InChI=1S/C63H87N13O15S/c1-34-31-76-53(54(34)83)59(88)66-30-42(78)28-44(67-55(84)38-9-11-39(12-10-38)60-71-72-61(92-60)40-13-15-41(16-14-40)74-23-21-73(22-24-74)32-36-6-4-3-5-7-36)56(85)68-50(35(2)77)62(89)75-33-43(79)29-45(75)57(86)69-51(58(87)70-52(63(76)90)47(81)18-19-64)48(82)26-37-8-17-46(80)49(27-37)91-25-20-65/h8-17,27,34-36,42-45,47-48,50-54,77-83H,3-7,18-26,28-33,64-65H2,1-2H3,(H,66,88)(H,67,84)(H,68,85)(H,69,86)(H,70,87)/t34-,35+,42+,43+,44?,45-,47+,48+,50-,51-,52-,53-,54-/m0/s1. The van der Waals surface area contributed by atoms with Gasteiger partial charge in [0.25, 0.3) is 5.91 Å². The van der Waals surface area contributed by atoms with Crippen LogP contribution >= 0.6 is 11.3 Å². The van der Waals surface area contributed by atoms with Crippen LogP contribution < -0.4 is 47.7 Å². The number of ether oxygens (including phenoxy) is 1. The number of aromatic hydroxyl groups is 1. The topological polar surface area (TPSA) is 421 Å². The van der Waals surface area contributed by atoms with E-state index in [1.54, 1.807) is 19.1 Å². The average molecular weight is 1300 g/mol. The van der Waals surface area contributed by atoms with Crippen molar-refractivity contribution in [3.8, 4) is 32.6 Å². The van der Waals surface area contributed by atoms with Gasteiger partial charge in [0.05, 0.1) is 36.6 Å². The number of fused-ring (bicyclic) bond motifs is 2. The third kappa shape index (κ3) is 16.8. The van der Waals surface area contributed by atoms with Gasteiger partial charge in [-0.1, -0.05) is 55.7 Å². The van der Waals surface area contributed by atoms with Gasteiger partial charge < -0.3 is 93.2 Å². The third-order valence-electron chi connectivity index (χ3n) is 18.0. The summed E-state index contributed by atoms with van der Waals surface area (Å²) in [7, 11) is 0. The van der Waals surface area contributed by atoms with E-state index >= 15 is 0 Å². The number of β-amino-alcohol motifs (C(OH)–C–C–N with tert-alkyl or cyclic N) is 1. The van der Waals surface area contributed by atoms with Gasteiger partial charge in [-0.25, -0.2) is 0 Å². The predicted octanol–water partition coefficient (Wildman–Crippen LogP) is -2.09. The molecule has 1 saturated carbocycles. The zero-order valence-electron chi connectivity index (χ0n) is 51.7. The number of aliphatic hydroxyl groups is 6. The molecule has 29 heteroatoms. The van der Waals surface area contributed by atoms with Gasteiger partial charge >= 0.3 is 0 Å². The second-order valence-electron chi connectivity index (χ2n) is 24.8. The van der Waals surface area contributed by atoms with Crippen LogP contribution in [0.25, 0.3) is 21.1 Å². The minimum Gasteiger partial charge on any atom is -0.504 e. The molecule has 7 amide bonds. The lowest BCUT2D eigenvalue weighted by atomic mass is 9.89. The average Bonchev–Trinajstić information content (AvgIpc) is 1.67. The monoisotopic (exact) mass is 1300 g/mol. The van der Waals surface area contributed by atoms with Crippen LogP contribution in [0.5, 0.6) is 11.5 Å². The first-order chi connectivity index (χ1) is 44.1. The Bertz CT molecular complexity index is 3200. The number of carbonyl (C=O) groups is 7. The molecule has 1 aromatic heterocycles. The highest BCUT2D eigenvalue weighted by Gasteiger charge is 2.50. The fraction of sp³-hybridized carbons (Fsp3) is 0.571. The molecule has 5 fully saturated rings. The van der Waals surface area contributed by atoms with Crippen molar-refractivity contribution in [1.29, 1.82) is 0 Å². The molecule has 13 atom stereocenters. The Morgan fingerprint density at radius 2 is 1.37 bits per heavy atom. The highest BCUT2D eigenvalue weighted by atomic mass is 32.1. The molecule has 500 valence electrons. The lowest BCUT2D eigenvalue weighted by Gasteiger charge is -2.38. The molecule has 16 N–H and O–H groups in total. The maximum atomic E-state index is 14.7. The van der Waals surface area contributed by atoms with Gasteiger partial charge in [0.15, 0.2) is 11.5 Å². The number of hydrogen-bond acceptors (Lipinski definition) is 22. The highest BCUT2D eigenvalue weighted by Crippen LogP contribution is 2.34. The van der Waals surface area contributed by atoms with Crippen LogP contribution in [0.1, 0.15) is 81.1 Å². The first-order valence-corrected chi connectivity index (χ1v) is 32.5. The van der Waals surface area contributed by atoms with Crippen molar-refractivity contribution in [2.24, 2.45) is 23.3 Å². The summed E-state index contributed by atoms with van der Waals surface area (Å²) in [6.45, 7) is 6.27. The van der Waals surface area contributed by atoms with Crippen molar-refractivity contribution in [1.82, 2.24) is 51.5 Å². The second-order valence-corrected chi connectivity index (χ2v) is 25.8. The molecule has 5 aliphatic rings. The van der Waals surface area contributed by atoms with Crippen LogP contribution in [0.2, 0.25) is 0 Å². The Balaban J connectivity index is 0.947. The first-order valence-electron chi connectivity index (χ1n) is 31.7. The third-order valence-corrected chi connectivity index (χ3v) is 19.0. The van der Waals surface area contributed by atoms with E-state index in [-0.39, 0.29) is 55.3 Å². The van der Waals surface area contributed by atoms with Gasteiger partial charge in [0.1, 0.15) is 52.9 Å². The molecule has 92 heavy (non-hydrogen) atoms. The molecular weight excluding hydrogens is 1210 g/mol. The van der Waals surface area contributed by atoms with Crippen molar-refractivity contribution >= 4 is 58.4 Å². The number of phenols is 1. The van der Waals surface area contributed by atoms with Crippen LogP contribution in [-0.2, 0) is 35.2 Å². The number of benzene rings is 3. The van der Waals surface area contributed by atoms with Gasteiger partial charge in [0, 0.05) is 106 Å². The largest absolute Gasteiger partial charge is 0.504 e. The van der Waals surface area contributed by atoms with Gasteiger partial charge in [-0.2, -0.15) is 0 Å². The number of phenolic OH excluding ortho intramolecular Hbond substituents is 1. The molecule has 4 aliphatic heterocycles. The van der Waals surface area contributed by atoms with Crippen LogP contribution in [-0.4, -0.2) is 247 Å². The van der Waals surface area contributed by atoms with E-state index in [4.69, 9.17) is 16.2 Å². The Labute approximate surface area is 537 Å². The number of piperazine rings is 1. The molecule has 1 aliphatic carbocycles. The number of anilines is 1. The van der Waals surface area contributed by atoms with E-state index in [1.165, 1.54) is 80.3 Å². The molecule has 0 bridgehead atoms. The number of nitrogens with two attached hydrogens (primary N) is 2. The maximum Gasteiger partial charge on any atom is 0.251 e. The number of nitrogens with zero attached hydrogens (tertiary/aromatic N) is 6. The quantitative estimate of drug-likeness (QED) is 0.0539. The molecule has 0 spiro atoms. The van der Waals surface area contributed by atoms with Crippen molar-refractivity contribution in [3.05, 3.63) is 77.9 Å². The van der Waals surface area contributed by atoms with E-state index < -0.39 is 152 Å². The number of aliphatic hydroxyl groups excluding tert-OH is 6. The van der Waals surface area contributed by atoms with Gasteiger partial charge in [-0.05, 0) is 92.7 Å². The highest BCUT2D eigenvalue weighted by molar-refractivity contribution is 7.17. The fourth-order valence-electron chi connectivity index (χ4n) is 12.8. The van der Waals surface area contributed by atoms with Crippen LogP contribution in [0.4, 0.5) is 5.69 Å². The molecule has 28 nitrogen and oxygen atoms in total. The minimum atomic E-state index is -2.04. The zero-order valence-corrected chi connectivity index (χ0v) is 52.5. The fourth-order valence-corrected chi connectivity index (χ4v) is 13.6. The molecule has 0 radical (unpaired) electrons. The zero-order chi connectivity index (χ0) is 65.9. The van der Waals surface area contributed by atoms with Gasteiger partial charge in [-0.15, -0.1) is 10.2 Å². The van der Waals surface area contributed by atoms with Crippen LogP contribution in [0.15, 0.2) is 66.7 Å². The lowest BCUT2D eigenvalue weighted by molar-refractivity contribution is -0.147. The van der Waals surface area contributed by atoms with Crippen LogP contribution in [0, 0.1) is 11.8 Å². The van der Waals surface area contributed by atoms with E-state index in [0.29, 0.717) is 15.6 Å². The summed E-state index contributed by atoms with van der Waals surface area (Å²) in [6.07, 6.45) is -5.11. The number of carbonyl (C=O) groups excluding carboxylic acids is 7. The normalized spacial score (nSPS) is 27.2. The lowest BCUT2D eigenvalue weighted by Crippen LogP contribution is -2.64. The van der Waals surface area contributed by atoms with Gasteiger partial charge in [0.2, 0.25) is 35.4 Å². The van der Waals surface area contributed by atoms with E-state index in [9.17, 15) is 69.3 Å². The first kappa shape index (κ1) is 68.9. The molecule has 1 unspecified atom stereocenters. The summed E-state index contributed by atoms with van der Waals surface area (Å²) < 4.78 is 5.52. The van der Waals surface area contributed by atoms with Crippen molar-refractivity contribution in [2.75, 3.05) is 77.0 Å². The molecule has 3 aromatic carbocycles. The summed E-state index contributed by atoms with van der Waals surface area (Å²) >= 11 is 1.36. The molecule has 9 rings (SSSR count). The molecule has 4 aromatic rings. The Kier molecular flexibility index (Phi) is 23.6. The number of amides is 7. The number of rotatable bonds is 17.